The van der Waals surface area contributed by atoms with Crippen molar-refractivity contribution in [3.63, 3.8) is 0 Å². The monoisotopic (exact) mass is 348 g/mol. The highest BCUT2D eigenvalue weighted by molar-refractivity contribution is 6.74. The van der Waals surface area contributed by atoms with Gasteiger partial charge in [-0.15, -0.1) is 0 Å². The molecule has 0 radical (unpaired) electrons. The predicted molar refractivity (Wildman–Crippen MR) is 105 cm³/mol. The van der Waals surface area contributed by atoms with Crippen molar-refractivity contribution >= 4 is 14.1 Å². The van der Waals surface area contributed by atoms with Gasteiger partial charge in [-0.05, 0) is 73.2 Å². The van der Waals surface area contributed by atoms with Crippen molar-refractivity contribution in [2.24, 2.45) is 11.3 Å². The van der Waals surface area contributed by atoms with E-state index in [2.05, 4.69) is 47.4 Å². The highest BCUT2D eigenvalue weighted by atomic mass is 28.4. The van der Waals surface area contributed by atoms with E-state index >= 15 is 0 Å². The molecule has 0 aromatic rings. The first-order valence-electron chi connectivity index (χ1n) is 9.42. The van der Waals surface area contributed by atoms with Crippen LogP contribution >= 0.6 is 0 Å². The third-order valence-electron chi connectivity index (χ3n) is 7.00. The maximum absolute atomic E-state index is 12.1. The van der Waals surface area contributed by atoms with Crippen molar-refractivity contribution in [2.45, 2.75) is 84.9 Å². The number of carbonyl (C=O) groups excluding carboxylic acids is 1. The standard InChI is InChI=1S/C21H36O2Si/c1-15(14-23-24(7,8)20(3,4)5)17-9-11-21(6)12-10-19(22)16(2)18(21)13-17/h17H,1,9-14H2,2-8H3. The molecule has 0 aromatic heterocycles. The summed E-state index contributed by atoms with van der Waals surface area (Å²) in [6.07, 6.45) is 5.12. The number of carbonyl (C=O) groups is 1. The van der Waals surface area contributed by atoms with Gasteiger partial charge in [0.15, 0.2) is 14.1 Å². The first kappa shape index (κ1) is 19.6. The molecule has 0 N–H and O–H groups in total. The van der Waals surface area contributed by atoms with Crippen LogP contribution in [-0.2, 0) is 9.22 Å². The minimum absolute atomic E-state index is 0.229. The lowest BCUT2D eigenvalue weighted by atomic mass is 9.61. The lowest BCUT2D eigenvalue weighted by molar-refractivity contribution is -0.117. The van der Waals surface area contributed by atoms with Gasteiger partial charge >= 0.3 is 0 Å². The molecule has 0 aromatic carbocycles. The molecule has 136 valence electrons. The Morgan fingerprint density at radius 2 is 1.96 bits per heavy atom. The third kappa shape index (κ3) is 3.77. The smallest absolute Gasteiger partial charge is 0.192 e. The Hall–Kier alpha value is -0.673. The molecule has 2 nitrogen and oxygen atoms in total. The van der Waals surface area contributed by atoms with Crippen LogP contribution in [0.15, 0.2) is 23.3 Å². The quantitative estimate of drug-likeness (QED) is 0.456. The van der Waals surface area contributed by atoms with E-state index in [0.717, 1.165) is 24.8 Å². The summed E-state index contributed by atoms with van der Waals surface area (Å²) in [6.45, 7) is 20.8. The highest BCUT2D eigenvalue weighted by Crippen LogP contribution is 2.51. The van der Waals surface area contributed by atoms with Gasteiger partial charge in [0.25, 0.3) is 0 Å². The topological polar surface area (TPSA) is 26.3 Å². The van der Waals surface area contributed by atoms with Gasteiger partial charge in [-0.25, -0.2) is 0 Å². The Balaban J connectivity index is 2.06. The van der Waals surface area contributed by atoms with E-state index in [-0.39, 0.29) is 10.5 Å². The molecule has 0 heterocycles. The van der Waals surface area contributed by atoms with Crippen molar-refractivity contribution < 1.29 is 9.22 Å². The van der Waals surface area contributed by atoms with Crippen LogP contribution in [-0.4, -0.2) is 20.7 Å². The summed E-state index contributed by atoms with van der Waals surface area (Å²) >= 11 is 0. The van der Waals surface area contributed by atoms with E-state index < -0.39 is 8.32 Å². The van der Waals surface area contributed by atoms with Crippen LogP contribution < -0.4 is 0 Å². The minimum Gasteiger partial charge on any atom is -0.413 e. The number of hydrogen-bond donors (Lipinski definition) is 0. The van der Waals surface area contributed by atoms with E-state index in [4.69, 9.17) is 4.43 Å². The summed E-state index contributed by atoms with van der Waals surface area (Å²) < 4.78 is 6.37. The fraction of sp³-hybridized carbons (Fsp3) is 0.762. The van der Waals surface area contributed by atoms with E-state index in [1.165, 1.54) is 24.0 Å². The molecular weight excluding hydrogens is 312 g/mol. The highest BCUT2D eigenvalue weighted by Gasteiger charge is 2.41. The maximum atomic E-state index is 12.1. The molecule has 1 saturated carbocycles. The second-order valence-electron chi connectivity index (χ2n) is 9.73. The zero-order chi connectivity index (χ0) is 18.3. The first-order chi connectivity index (χ1) is 10.9. The van der Waals surface area contributed by atoms with Crippen molar-refractivity contribution in [1.82, 2.24) is 0 Å². The molecule has 2 aliphatic carbocycles. The number of Topliss-reactive ketones (excluding diaryl/α,β-unsaturated/α-hetero) is 1. The van der Waals surface area contributed by atoms with Gasteiger partial charge in [-0.1, -0.05) is 39.8 Å². The van der Waals surface area contributed by atoms with Crippen molar-refractivity contribution in [2.75, 3.05) is 6.61 Å². The fourth-order valence-electron chi connectivity index (χ4n) is 3.82. The molecular formula is C21H36O2Si. The Morgan fingerprint density at radius 3 is 2.54 bits per heavy atom. The molecule has 0 aliphatic heterocycles. The summed E-state index contributed by atoms with van der Waals surface area (Å²) in [4.78, 5) is 12.1. The molecule has 0 amide bonds. The Bertz CT molecular complexity index is 565. The van der Waals surface area contributed by atoms with Gasteiger partial charge in [0.1, 0.15) is 0 Å². The Kier molecular flexibility index (Phi) is 5.38. The van der Waals surface area contributed by atoms with Gasteiger partial charge in [-0.2, -0.15) is 0 Å². The summed E-state index contributed by atoms with van der Waals surface area (Å²) in [5.41, 5.74) is 3.91. The lowest BCUT2D eigenvalue weighted by Gasteiger charge is -2.44. The van der Waals surface area contributed by atoms with E-state index in [1.54, 1.807) is 0 Å². The normalized spacial score (nSPS) is 28.8. The van der Waals surface area contributed by atoms with E-state index in [9.17, 15) is 4.79 Å². The molecule has 2 atom stereocenters. The molecule has 0 spiro atoms. The zero-order valence-corrected chi connectivity index (χ0v) is 17.8. The summed E-state index contributed by atoms with van der Waals surface area (Å²) in [5.74, 6) is 0.824. The summed E-state index contributed by atoms with van der Waals surface area (Å²) in [5, 5.41) is 0.229. The number of fused-ring (bicyclic) bond motifs is 1. The second-order valence-corrected chi connectivity index (χ2v) is 14.5. The molecule has 3 heteroatoms. The number of ketones is 1. The van der Waals surface area contributed by atoms with Gasteiger partial charge in [0.05, 0.1) is 6.61 Å². The first-order valence-corrected chi connectivity index (χ1v) is 12.3. The molecule has 0 bridgehead atoms. The van der Waals surface area contributed by atoms with Crippen LogP contribution in [0.5, 0.6) is 0 Å². The van der Waals surface area contributed by atoms with Crippen molar-refractivity contribution in [3.8, 4) is 0 Å². The van der Waals surface area contributed by atoms with Crippen LogP contribution in [0.4, 0.5) is 0 Å². The third-order valence-corrected chi connectivity index (χ3v) is 11.5. The molecule has 2 aliphatic rings. The molecule has 2 rings (SSSR count). The van der Waals surface area contributed by atoms with Crippen LogP contribution in [0.25, 0.3) is 0 Å². The van der Waals surface area contributed by atoms with Crippen molar-refractivity contribution in [1.29, 1.82) is 0 Å². The molecule has 24 heavy (non-hydrogen) atoms. The fourth-order valence-corrected chi connectivity index (χ4v) is 4.80. The molecule has 1 fully saturated rings. The Labute approximate surface area is 149 Å². The van der Waals surface area contributed by atoms with Gasteiger partial charge in [0.2, 0.25) is 0 Å². The number of allylic oxidation sites excluding steroid dienone is 2. The Morgan fingerprint density at radius 1 is 1.33 bits per heavy atom. The van der Waals surface area contributed by atoms with Gasteiger partial charge in [-0.3, -0.25) is 4.79 Å². The molecule has 2 unspecified atom stereocenters. The van der Waals surface area contributed by atoms with Crippen molar-refractivity contribution in [3.05, 3.63) is 23.3 Å². The van der Waals surface area contributed by atoms with Crippen LogP contribution in [0.1, 0.15) is 66.7 Å². The van der Waals surface area contributed by atoms with E-state index in [1.807, 2.05) is 6.92 Å². The van der Waals surface area contributed by atoms with Crippen LogP contribution in [0.3, 0.4) is 0 Å². The summed E-state index contributed by atoms with van der Waals surface area (Å²) in [7, 11) is -1.73. The van der Waals surface area contributed by atoms with Gasteiger partial charge in [0, 0.05) is 6.42 Å². The number of hydrogen-bond acceptors (Lipinski definition) is 2. The van der Waals surface area contributed by atoms with Crippen LogP contribution in [0, 0.1) is 11.3 Å². The van der Waals surface area contributed by atoms with Crippen LogP contribution in [0.2, 0.25) is 18.1 Å². The number of rotatable bonds is 4. The average Bonchev–Trinajstić information content (AvgIpc) is 2.48. The average molecular weight is 349 g/mol. The molecule has 0 saturated heterocycles. The SMILES string of the molecule is C=C(CO[Si](C)(C)C(C)(C)C)C1CCC2(C)CCC(=O)C(C)=C2C1. The second kappa shape index (κ2) is 6.57. The maximum Gasteiger partial charge on any atom is 0.192 e. The largest absolute Gasteiger partial charge is 0.413 e. The lowest BCUT2D eigenvalue weighted by Crippen LogP contribution is -2.41. The predicted octanol–water partition coefficient (Wildman–Crippen LogP) is 6.05. The summed E-state index contributed by atoms with van der Waals surface area (Å²) in [6, 6.07) is 0. The minimum atomic E-state index is -1.73. The zero-order valence-electron chi connectivity index (χ0n) is 16.8. The van der Waals surface area contributed by atoms with Gasteiger partial charge < -0.3 is 4.43 Å². The van der Waals surface area contributed by atoms with E-state index in [0.29, 0.717) is 18.3 Å².